The number of anilines is 1. The average molecular weight is 564 g/mol. The normalized spacial score (nSPS) is 15.9. The van der Waals surface area contributed by atoms with Crippen LogP contribution in [0.1, 0.15) is 54.1 Å². The number of furan rings is 1. The number of nitrogens with zero attached hydrogens (tertiary/aromatic N) is 1. The number of carbonyl (C=O) groups is 2. The highest BCUT2D eigenvalue weighted by atomic mass is 35.5. The van der Waals surface area contributed by atoms with Gasteiger partial charge in [0.2, 0.25) is 5.78 Å². The van der Waals surface area contributed by atoms with E-state index in [1.807, 2.05) is 31.2 Å². The Morgan fingerprint density at radius 3 is 2.33 bits per heavy atom. The second-order valence-corrected chi connectivity index (χ2v) is 11.5. The number of fused-ring (bicyclic) bond motifs is 1. The largest absolute Gasteiger partial charge is 0.503 e. The summed E-state index contributed by atoms with van der Waals surface area (Å²) in [4.78, 5) is 29.0. The summed E-state index contributed by atoms with van der Waals surface area (Å²) in [7, 11) is 1.47. The van der Waals surface area contributed by atoms with Crippen molar-refractivity contribution >= 4 is 51.5 Å². The molecule has 6 nitrogen and oxygen atoms in total. The quantitative estimate of drug-likeness (QED) is 0.248. The summed E-state index contributed by atoms with van der Waals surface area (Å²) in [6.07, 6.45) is 0. The van der Waals surface area contributed by atoms with Crippen LogP contribution in [0.15, 0.2) is 76.4 Å². The number of rotatable bonds is 5. The molecule has 1 unspecified atom stereocenters. The molecule has 3 aromatic carbocycles. The first-order valence-electron chi connectivity index (χ1n) is 12.4. The molecule has 0 saturated carbocycles. The Morgan fingerprint density at radius 2 is 1.69 bits per heavy atom. The fourth-order valence-corrected chi connectivity index (χ4v) is 5.27. The highest BCUT2D eigenvalue weighted by Crippen LogP contribution is 2.44. The molecule has 1 aliphatic rings. The molecule has 39 heavy (non-hydrogen) atoms. The lowest BCUT2D eigenvalue weighted by atomic mass is 9.85. The third-order valence-corrected chi connectivity index (χ3v) is 7.42. The van der Waals surface area contributed by atoms with Crippen molar-refractivity contribution in [3.63, 3.8) is 0 Å². The van der Waals surface area contributed by atoms with E-state index >= 15 is 0 Å². The zero-order chi connectivity index (χ0) is 28.2. The Bertz CT molecular complexity index is 1660. The predicted molar refractivity (Wildman–Crippen MR) is 153 cm³/mol. The van der Waals surface area contributed by atoms with Gasteiger partial charge in [-0.1, -0.05) is 74.3 Å². The van der Waals surface area contributed by atoms with Gasteiger partial charge in [-0.05, 0) is 53.3 Å². The average Bonchev–Trinajstić information content (AvgIpc) is 3.43. The number of aliphatic hydroxyl groups is 1. The highest BCUT2D eigenvalue weighted by Gasteiger charge is 2.46. The molecule has 0 bridgehead atoms. The number of Topliss-reactive ketones (excluding diaryl/α,β-unsaturated/α-hetero) is 1. The molecule has 1 aromatic heterocycles. The van der Waals surface area contributed by atoms with Gasteiger partial charge in [0.25, 0.3) is 5.91 Å². The van der Waals surface area contributed by atoms with Gasteiger partial charge >= 0.3 is 0 Å². The molecular formula is C31H27Cl2NO5. The van der Waals surface area contributed by atoms with Gasteiger partial charge in [0, 0.05) is 27.2 Å². The van der Waals surface area contributed by atoms with Crippen molar-refractivity contribution in [3.05, 3.63) is 104 Å². The van der Waals surface area contributed by atoms with Gasteiger partial charge in [-0.3, -0.25) is 14.5 Å². The molecule has 0 spiro atoms. The standard InChI is InChI=1S/C31H27Cl2NO5/c1-16-6-11-20(32)14-22(16)34-26(17-7-9-19(10-8-17)31(2,3)4)25(28(36)30(34)37)27(35)23-13-18-12-21(33)15-24(38-5)29(18)39-23/h6-15,26,36H,1-5H3. The molecule has 1 aliphatic heterocycles. The molecular weight excluding hydrogens is 537 g/mol. The van der Waals surface area contributed by atoms with E-state index in [1.165, 1.54) is 18.1 Å². The summed E-state index contributed by atoms with van der Waals surface area (Å²) in [5.41, 5.74) is 3.13. The Morgan fingerprint density at radius 1 is 1.00 bits per heavy atom. The number of hydrogen-bond donors (Lipinski definition) is 1. The predicted octanol–water partition coefficient (Wildman–Crippen LogP) is 8.14. The number of aliphatic hydroxyl groups excluding tert-OH is 1. The van der Waals surface area contributed by atoms with E-state index < -0.39 is 23.5 Å². The third kappa shape index (κ3) is 4.68. The minimum atomic E-state index is -0.921. The Kier molecular flexibility index (Phi) is 6.73. The Labute approximate surface area is 236 Å². The molecule has 200 valence electrons. The minimum absolute atomic E-state index is 0.0547. The zero-order valence-corrected chi connectivity index (χ0v) is 23.6. The van der Waals surface area contributed by atoms with Crippen molar-refractivity contribution in [3.8, 4) is 5.75 Å². The molecule has 0 saturated heterocycles. The van der Waals surface area contributed by atoms with Crippen molar-refractivity contribution in [1.82, 2.24) is 0 Å². The summed E-state index contributed by atoms with van der Waals surface area (Å²) < 4.78 is 11.3. The van der Waals surface area contributed by atoms with Gasteiger partial charge in [0.05, 0.1) is 18.7 Å². The van der Waals surface area contributed by atoms with Gasteiger partial charge in [-0.2, -0.15) is 0 Å². The number of carbonyl (C=O) groups excluding carboxylic acids is 2. The Hall–Kier alpha value is -3.74. The maximum atomic E-state index is 14.0. The van der Waals surface area contributed by atoms with Crippen LogP contribution in [0.3, 0.4) is 0 Å². The van der Waals surface area contributed by atoms with Crippen molar-refractivity contribution < 1.29 is 23.8 Å². The van der Waals surface area contributed by atoms with Crippen LogP contribution in [-0.2, 0) is 10.2 Å². The lowest BCUT2D eigenvalue weighted by Gasteiger charge is -2.29. The lowest BCUT2D eigenvalue weighted by molar-refractivity contribution is -0.117. The maximum absolute atomic E-state index is 14.0. The van der Waals surface area contributed by atoms with Gasteiger partial charge in [0.1, 0.15) is 0 Å². The zero-order valence-electron chi connectivity index (χ0n) is 22.1. The first kappa shape index (κ1) is 26.9. The summed E-state index contributed by atoms with van der Waals surface area (Å²) in [5.74, 6) is -1.66. The van der Waals surface area contributed by atoms with Crippen LogP contribution in [0, 0.1) is 6.92 Å². The lowest BCUT2D eigenvalue weighted by Crippen LogP contribution is -2.31. The molecule has 4 aromatic rings. The summed E-state index contributed by atoms with van der Waals surface area (Å²) >= 11 is 12.5. The van der Waals surface area contributed by atoms with E-state index in [2.05, 4.69) is 20.8 Å². The number of halogens is 2. The van der Waals surface area contributed by atoms with Crippen molar-refractivity contribution in [2.24, 2.45) is 0 Å². The first-order chi connectivity index (χ1) is 18.4. The maximum Gasteiger partial charge on any atom is 0.294 e. The molecule has 1 N–H and O–H groups in total. The second-order valence-electron chi connectivity index (χ2n) is 10.6. The van der Waals surface area contributed by atoms with Crippen LogP contribution in [0.4, 0.5) is 5.69 Å². The molecule has 0 fully saturated rings. The number of benzene rings is 3. The number of methoxy groups -OCH3 is 1. The van der Waals surface area contributed by atoms with E-state index in [1.54, 1.807) is 30.3 Å². The molecule has 8 heteroatoms. The molecule has 5 rings (SSSR count). The second kappa shape index (κ2) is 9.78. The van der Waals surface area contributed by atoms with Crippen LogP contribution in [-0.4, -0.2) is 23.9 Å². The molecule has 1 atom stereocenters. The fourth-order valence-electron chi connectivity index (χ4n) is 4.89. The van der Waals surface area contributed by atoms with E-state index in [0.29, 0.717) is 38.0 Å². The van der Waals surface area contributed by atoms with E-state index in [0.717, 1.165) is 11.1 Å². The molecule has 0 aliphatic carbocycles. The number of ketones is 1. The van der Waals surface area contributed by atoms with Crippen LogP contribution >= 0.6 is 23.2 Å². The molecule has 0 radical (unpaired) electrons. The third-order valence-electron chi connectivity index (χ3n) is 6.97. The first-order valence-corrected chi connectivity index (χ1v) is 13.1. The highest BCUT2D eigenvalue weighted by molar-refractivity contribution is 6.32. The fraction of sp³-hybridized carbons (Fsp3) is 0.226. The van der Waals surface area contributed by atoms with E-state index in [-0.39, 0.29) is 16.7 Å². The van der Waals surface area contributed by atoms with Crippen LogP contribution in [0.25, 0.3) is 11.0 Å². The number of amides is 1. The van der Waals surface area contributed by atoms with Gasteiger partial charge in [0.15, 0.2) is 22.9 Å². The van der Waals surface area contributed by atoms with Crippen LogP contribution in [0.5, 0.6) is 5.75 Å². The minimum Gasteiger partial charge on any atom is -0.503 e. The van der Waals surface area contributed by atoms with Gasteiger partial charge in [-0.15, -0.1) is 0 Å². The van der Waals surface area contributed by atoms with Gasteiger partial charge < -0.3 is 14.3 Å². The van der Waals surface area contributed by atoms with E-state index in [9.17, 15) is 14.7 Å². The summed E-state index contributed by atoms with van der Waals surface area (Å²) in [5, 5.41) is 12.6. The van der Waals surface area contributed by atoms with E-state index in [4.69, 9.17) is 32.4 Å². The van der Waals surface area contributed by atoms with Crippen molar-refractivity contribution in [1.29, 1.82) is 0 Å². The smallest absolute Gasteiger partial charge is 0.294 e. The molecule has 1 amide bonds. The van der Waals surface area contributed by atoms with Crippen LogP contribution in [0.2, 0.25) is 10.0 Å². The van der Waals surface area contributed by atoms with Crippen molar-refractivity contribution in [2.45, 2.75) is 39.2 Å². The molecule has 2 heterocycles. The monoisotopic (exact) mass is 563 g/mol. The SMILES string of the molecule is COc1cc(Cl)cc2cc(C(=O)C3=C(O)C(=O)N(c4cc(Cl)ccc4C)C3c3ccc(C(C)(C)C)cc3)oc12. The topological polar surface area (TPSA) is 80.0 Å². The number of ether oxygens (including phenoxy) is 1. The summed E-state index contributed by atoms with van der Waals surface area (Å²) in [6.45, 7) is 8.15. The number of hydrogen-bond acceptors (Lipinski definition) is 5. The number of aryl methyl sites for hydroxylation is 1. The van der Waals surface area contributed by atoms with Crippen LogP contribution < -0.4 is 9.64 Å². The van der Waals surface area contributed by atoms with Crippen molar-refractivity contribution in [2.75, 3.05) is 12.0 Å². The Balaban J connectivity index is 1.69. The van der Waals surface area contributed by atoms with Gasteiger partial charge in [-0.25, -0.2) is 0 Å². The summed E-state index contributed by atoms with van der Waals surface area (Å²) in [6, 6.07) is 16.7.